The minimum absolute atomic E-state index is 0.437. The molecule has 6 heteroatoms. The molecule has 5 nitrogen and oxygen atoms in total. The summed E-state index contributed by atoms with van der Waals surface area (Å²) in [7, 11) is -0.937. The third kappa shape index (κ3) is 3.89. The Morgan fingerprint density at radius 2 is 2.00 bits per heavy atom. The number of anilines is 1. The van der Waals surface area contributed by atoms with Gasteiger partial charge < -0.3 is 9.73 Å². The van der Waals surface area contributed by atoms with Crippen molar-refractivity contribution in [2.24, 2.45) is 0 Å². The number of hydrogen-bond donors (Lipinski definition) is 1. The number of hydrogen-bond acceptors (Lipinski definition) is 5. The number of benzene rings is 1. The molecular weight excluding hydrogens is 262 g/mol. The van der Waals surface area contributed by atoms with E-state index in [0.29, 0.717) is 18.5 Å². The fourth-order valence-electron chi connectivity index (χ4n) is 1.62. The van der Waals surface area contributed by atoms with E-state index in [1.165, 1.54) is 0 Å². The van der Waals surface area contributed by atoms with Crippen molar-refractivity contribution in [2.75, 3.05) is 11.6 Å². The van der Waals surface area contributed by atoms with E-state index in [9.17, 15) is 4.21 Å². The zero-order chi connectivity index (χ0) is 13.7. The molecule has 0 saturated carbocycles. The van der Waals surface area contributed by atoms with Gasteiger partial charge in [-0.3, -0.25) is 4.21 Å². The van der Waals surface area contributed by atoms with Gasteiger partial charge in [0.1, 0.15) is 0 Å². The first-order valence-corrected chi connectivity index (χ1v) is 7.73. The second-order valence-corrected chi connectivity index (χ2v) is 5.58. The minimum Gasteiger partial charge on any atom is -0.408 e. The van der Waals surface area contributed by atoms with Crippen LogP contribution in [0.5, 0.6) is 0 Å². The number of rotatable bonds is 6. The molecule has 0 fully saturated rings. The molecule has 0 bridgehead atoms. The SMILES string of the molecule is CCCc1nnc(NCc2ccc(S(C)=O)cc2)o1. The number of nitrogens with zero attached hydrogens (tertiary/aromatic N) is 2. The van der Waals surface area contributed by atoms with E-state index < -0.39 is 10.8 Å². The Labute approximate surface area is 114 Å². The lowest BCUT2D eigenvalue weighted by Crippen LogP contribution is -1.99. The number of nitrogens with one attached hydrogen (secondary N) is 1. The molecule has 1 aromatic heterocycles. The zero-order valence-corrected chi connectivity index (χ0v) is 11.9. The third-order valence-corrected chi connectivity index (χ3v) is 3.57. The van der Waals surface area contributed by atoms with Gasteiger partial charge in [-0.25, -0.2) is 0 Å². The van der Waals surface area contributed by atoms with E-state index in [1.807, 2.05) is 24.3 Å². The van der Waals surface area contributed by atoms with E-state index in [-0.39, 0.29) is 0 Å². The largest absolute Gasteiger partial charge is 0.408 e. The summed E-state index contributed by atoms with van der Waals surface area (Å²) in [5, 5.41) is 10.9. The molecule has 2 rings (SSSR count). The lowest BCUT2D eigenvalue weighted by Gasteiger charge is -2.02. The summed E-state index contributed by atoms with van der Waals surface area (Å²) in [4.78, 5) is 0.826. The highest BCUT2D eigenvalue weighted by Gasteiger charge is 2.04. The van der Waals surface area contributed by atoms with Crippen molar-refractivity contribution in [1.29, 1.82) is 0 Å². The van der Waals surface area contributed by atoms with Crippen LogP contribution >= 0.6 is 0 Å². The molecule has 0 radical (unpaired) electrons. The van der Waals surface area contributed by atoms with Gasteiger partial charge in [-0.15, -0.1) is 5.10 Å². The molecule has 0 amide bonds. The Morgan fingerprint density at radius 3 is 2.63 bits per heavy atom. The average Bonchev–Trinajstić information content (AvgIpc) is 2.85. The predicted octanol–water partition coefficient (Wildman–Crippen LogP) is 2.37. The van der Waals surface area contributed by atoms with Crippen molar-refractivity contribution >= 4 is 16.8 Å². The van der Waals surface area contributed by atoms with Gasteiger partial charge in [0.05, 0.1) is 0 Å². The second kappa shape index (κ2) is 6.47. The Balaban J connectivity index is 1.92. The fourth-order valence-corrected chi connectivity index (χ4v) is 2.14. The van der Waals surface area contributed by atoms with Crippen LogP contribution in [0.1, 0.15) is 24.8 Å². The van der Waals surface area contributed by atoms with Crippen LogP contribution in [0.25, 0.3) is 0 Å². The van der Waals surface area contributed by atoms with Gasteiger partial charge in [0.15, 0.2) is 0 Å². The number of aryl methyl sites for hydroxylation is 1. The molecule has 2 aromatic rings. The van der Waals surface area contributed by atoms with E-state index >= 15 is 0 Å². The van der Waals surface area contributed by atoms with Crippen molar-refractivity contribution in [3.8, 4) is 0 Å². The van der Waals surface area contributed by atoms with E-state index in [4.69, 9.17) is 4.42 Å². The summed E-state index contributed by atoms with van der Waals surface area (Å²) < 4.78 is 16.7. The van der Waals surface area contributed by atoms with Crippen LogP contribution in [0, 0.1) is 0 Å². The highest BCUT2D eigenvalue weighted by molar-refractivity contribution is 7.84. The molecule has 1 N–H and O–H groups in total. The fraction of sp³-hybridized carbons (Fsp3) is 0.385. The maximum atomic E-state index is 11.3. The van der Waals surface area contributed by atoms with Crippen LogP contribution in [0.15, 0.2) is 33.6 Å². The highest BCUT2D eigenvalue weighted by atomic mass is 32.2. The summed E-state index contributed by atoms with van der Waals surface area (Å²) in [6.45, 7) is 2.67. The summed E-state index contributed by atoms with van der Waals surface area (Å²) in [6, 6.07) is 8.04. The third-order valence-electron chi connectivity index (χ3n) is 2.63. The molecule has 0 aliphatic heterocycles. The van der Waals surface area contributed by atoms with Crippen LogP contribution in [0.3, 0.4) is 0 Å². The summed E-state index contributed by atoms with van der Waals surface area (Å²) in [5.74, 6) is 0.654. The lowest BCUT2D eigenvalue weighted by molar-refractivity contribution is 0.501. The Bertz CT molecular complexity index is 551. The predicted molar refractivity (Wildman–Crippen MR) is 74.4 cm³/mol. The van der Waals surface area contributed by atoms with Crippen LogP contribution in [0.4, 0.5) is 6.01 Å². The van der Waals surface area contributed by atoms with Gasteiger partial charge in [-0.2, -0.15) is 0 Å². The Hall–Kier alpha value is -1.69. The Kier molecular flexibility index (Phi) is 4.68. The number of aromatic nitrogens is 2. The van der Waals surface area contributed by atoms with Crippen molar-refractivity contribution < 1.29 is 8.63 Å². The molecule has 0 aliphatic rings. The molecule has 102 valence electrons. The van der Waals surface area contributed by atoms with Crippen LogP contribution in [0.2, 0.25) is 0 Å². The standard InChI is InChI=1S/C13H17N3O2S/c1-3-4-12-15-16-13(18-12)14-9-10-5-7-11(8-6-10)19(2)17/h5-8H,3-4,9H2,1-2H3,(H,14,16). The van der Waals surface area contributed by atoms with Gasteiger partial charge in [-0.1, -0.05) is 24.2 Å². The quantitative estimate of drug-likeness (QED) is 0.879. The van der Waals surface area contributed by atoms with Crippen LogP contribution in [-0.4, -0.2) is 20.7 Å². The van der Waals surface area contributed by atoms with Crippen LogP contribution in [-0.2, 0) is 23.8 Å². The summed E-state index contributed by atoms with van der Waals surface area (Å²) >= 11 is 0. The van der Waals surface area contributed by atoms with E-state index in [1.54, 1.807) is 6.26 Å². The molecule has 1 unspecified atom stereocenters. The second-order valence-electron chi connectivity index (χ2n) is 4.20. The first-order valence-electron chi connectivity index (χ1n) is 6.17. The van der Waals surface area contributed by atoms with Crippen molar-refractivity contribution in [3.63, 3.8) is 0 Å². The van der Waals surface area contributed by atoms with E-state index in [0.717, 1.165) is 23.3 Å². The van der Waals surface area contributed by atoms with Crippen molar-refractivity contribution in [3.05, 3.63) is 35.7 Å². The molecule has 1 atom stereocenters. The smallest absolute Gasteiger partial charge is 0.315 e. The monoisotopic (exact) mass is 279 g/mol. The van der Waals surface area contributed by atoms with E-state index in [2.05, 4.69) is 22.4 Å². The Morgan fingerprint density at radius 1 is 1.26 bits per heavy atom. The molecule has 0 aliphatic carbocycles. The molecule has 0 spiro atoms. The van der Waals surface area contributed by atoms with Gasteiger partial charge in [0, 0.05) is 34.9 Å². The first-order chi connectivity index (χ1) is 9.19. The lowest BCUT2D eigenvalue weighted by atomic mass is 10.2. The van der Waals surface area contributed by atoms with Gasteiger partial charge in [0.2, 0.25) is 5.89 Å². The molecule has 19 heavy (non-hydrogen) atoms. The molecule has 1 aromatic carbocycles. The minimum atomic E-state index is -0.937. The van der Waals surface area contributed by atoms with Gasteiger partial charge >= 0.3 is 6.01 Å². The highest BCUT2D eigenvalue weighted by Crippen LogP contribution is 2.11. The molecule has 1 heterocycles. The van der Waals surface area contributed by atoms with Crippen molar-refractivity contribution in [1.82, 2.24) is 10.2 Å². The molecule has 0 saturated heterocycles. The average molecular weight is 279 g/mol. The maximum absolute atomic E-state index is 11.3. The van der Waals surface area contributed by atoms with Crippen molar-refractivity contribution in [2.45, 2.75) is 31.2 Å². The topological polar surface area (TPSA) is 68.0 Å². The maximum Gasteiger partial charge on any atom is 0.315 e. The van der Waals surface area contributed by atoms with Gasteiger partial charge in [-0.05, 0) is 24.1 Å². The molecular formula is C13H17N3O2S. The van der Waals surface area contributed by atoms with Crippen LogP contribution < -0.4 is 5.32 Å². The first kappa shape index (κ1) is 13.7. The normalized spacial score (nSPS) is 12.3. The zero-order valence-electron chi connectivity index (χ0n) is 11.0. The summed E-state index contributed by atoms with van der Waals surface area (Å²) in [6.07, 6.45) is 3.45. The van der Waals surface area contributed by atoms with Gasteiger partial charge in [0.25, 0.3) is 0 Å². The summed E-state index contributed by atoms with van der Waals surface area (Å²) in [5.41, 5.74) is 1.07.